The molecule has 0 bridgehead atoms. The van der Waals surface area contributed by atoms with Crippen molar-refractivity contribution in [1.82, 2.24) is 5.32 Å². The van der Waals surface area contributed by atoms with E-state index in [0.29, 0.717) is 11.5 Å². The minimum atomic E-state index is 0.307. The quantitative estimate of drug-likeness (QED) is 0.838. The molecule has 2 nitrogen and oxygen atoms in total. The molecule has 108 valence electrons. The van der Waals surface area contributed by atoms with Gasteiger partial charge in [-0.15, -0.1) is 0 Å². The zero-order chi connectivity index (χ0) is 14.5. The molecule has 1 aromatic rings. The number of nitrogens with zero attached hydrogens (tertiary/aromatic N) is 1. The number of rotatable bonds is 6. The van der Waals surface area contributed by atoms with Crippen LogP contribution >= 0.6 is 0 Å². The molecule has 19 heavy (non-hydrogen) atoms. The van der Waals surface area contributed by atoms with Crippen LogP contribution in [0.2, 0.25) is 0 Å². The maximum atomic E-state index is 3.46. The first-order chi connectivity index (χ1) is 8.88. The van der Waals surface area contributed by atoms with Crippen LogP contribution in [0.25, 0.3) is 0 Å². The number of hydrogen-bond acceptors (Lipinski definition) is 2. The Labute approximate surface area is 119 Å². The highest BCUT2D eigenvalue weighted by Gasteiger charge is 2.23. The zero-order valence-corrected chi connectivity index (χ0v) is 13.5. The molecule has 0 aliphatic heterocycles. The van der Waals surface area contributed by atoms with E-state index in [1.54, 1.807) is 0 Å². The average molecular weight is 262 g/mol. The fourth-order valence-corrected chi connectivity index (χ4v) is 2.52. The first-order valence-electron chi connectivity index (χ1n) is 7.37. The van der Waals surface area contributed by atoms with Crippen molar-refractivity contribution in [2.45, 2.75) is 47.1 Å². The van der Waals surface area contributed by atoms with Crippen molar-refractivity contribution < 1.29 is 0 Å². The van der Waals surface area contributed by atoms with Crippen molar-refractivity contribution in [2.75, 3.05) is 25.0 Å². The Morgan fingerprint density at radius 1 is 1.16 bits per heavy atom. The second kappa shape index (κ2) is 6.95. The Morgan fingerprint density at radius 3 is 2.16 bits per heavy atom. The topological polar surface area (TPSA) is 15.3 Å². The molecule has 1 atom stereocenters. The molecule has 1 unspecified atom stereocenters. The monoisotopic (exact) mass is 262 g/mol. The third-order valence-electron chi connectivity index (χ3n) is 3.86. The molecular formula is C17H30N2. The Bertz CT molecular complexity index is 362. The van der Waals surface area contributed by atoms with Crippen LogP contribution in [0.3, 0.4) is 0 Å². The number of anilines is 1. The van der Waals surface area contributed by atoms with Crippen LogP contribution < -0.4 is 10.2 Å². The van der Waals surface area contributed by atoms with Gasteiger partial charge in [0.15, 0.2) is 0 Å². The second-order valence-corrected chi connectivity index (χ2v) is 6.41. The van der Waals surface area contributed by atoms with Crippen LogP contribution in [0.4, 0.5) is 5.69 Å². The van der Waals surface area contributed by atoms with Crippen molar-refractivity contribution in [3.63, 3.8) is 0 Å². The van der Waals surface area contributed by atoms with Gasteiger partial charge >= 0.3 is 0 Å². The molecular weight excluding hydrogens is 232 g/mol. The number of aryl methyl sites for hydroxylation is 1. The van der Waals surface area contributed by atoms with Gasteiger partial charge in [-0.05, 0) is 44.9 Å². The molecule has 0 aromatic heterocycles. The molecule has 0 heterocycles. The number of hydrogen-bond donors (Lipinski definition) is 1. The molecule has 1 rings (SSSR count). The molecule has 1 aromatic carbocycles. The van der Waals surface area contributed by atoms with Crippen molar-refractivity contribution in [2.24, 2.45) is 5.41 Å². The Kier molecular flexibility index (Phi) is 5.86. The fraction of sp³-hybridized carbons (Fsp3) is 0.647. The van der Waals surface area contributed by atoms with Crippen LogP contribution in [0.15, 0.2) is 24.3 Å². The number of nitrogens with one attached hydrogen (secondary N) is 1. The van der Waals surface area contributed by atoms with E-state index in [4.69, 9.17) is 0 Å². The lowest BCUT2D eigenvalue weighted by Gasteiger charge is -2.33. The SMILES string of the molecule is CCN(CCC(NC)C(C)(C)C)c1ccc(C)cc1. The van der Waals surface area contributed by atoms with Gasteiger partial charge in [0.2, 0.25) is 0 Å². The summed E-state index contributed by atoms with van der Waals surface area (Å²) < 4.78 is 0. The molecule has 0 saturated heterocycles. The van der Waals surface area contributed by atoms with Crippen molar-refractivity contribution in [1.29, 1.82) is 0 Å². The fourth-order valence-electron chi connectivity index (χ4n) is 2.52. The van der Waals surface area contributed by atoms with Crippen molar-refractivity contribution >= 4 is 5.69 Å². The largest absolute Gasteiger partial charge is 0.372 e. The predicted molar refractivity (Wildman–Crippen MR) is 86.0 cm³/mol. The zero-order valence-electron chi connectivity index (χ0n) is 13.5. The van der Waals surface area contributed by atoms with E-state index in [1.165, 1.54) is 17.7 Å². The summed E-state index contributed by atoms with van der Waals surface area (Å²) in [5.41, 5.74) is 2.96. The third-order valence-corrected chi connectivity index (χ3v) is 3.86. The summed E-state index contributed by atoms with van der Waals surface area (Å²) >= 11 is 0. The summed E-state index contributed by atoms with van der Waals surface area (Å²) in [5.74, 6) is 0. The van der Waals surface area contributed by atoms with Gasteiger partial charge in [-0.1, -0.05) is 38.5 Å². The molecule has 0 spiro atoms. The summed E-state index contributed by atoms with van der Waals surface area (Å²) in [4.78, 5) is 2.45. The van der Waals surface area contributed by atoms with E-state index in [9.17, 15) is 0 Å². The maximum absolute atomic E-state index is 3.46. The first-order valence-corrected chi connectivity index (χ1v) is 7.37. The van der Waals surface area contributed by atoms with E-state index in [-0.39, 0.29) is 0 Å². The minimum absolute atomic E-state index is 0.307. The van der Waals surface area contributed by atoms with Crippen molar-refractivity contribution in [3.8, 4) is 0 Å². The van der Waals surface area contributed by atoms with E-state index < -0.39 is 0 Å². The molecule has 1 N–H and O–H groups in total. The highest BCUT2D eigenvalue weighted by Crippen LogP contribution is 2.23. The maximum Gasteiger partial charge on any atom is 0.0366 e. The molecule has 0 radical (unpaired) electrons. The van der Waals surface area contributed by atoms with Gasteiger partial charge in [0.05, 0.1) is 0 Å². The summed E-state index contributed by atoms with van der Waals surface area (Å²) in [7, 11) is 2.07. The Morgan fingerprint density at radius 2 is 1.74 bits per heavy atom. The van der Waals surface area contributed by atoms with Gasteiger partial charge in [0.1, 0.15) is 0 Å². The lowest BCUT2D eigenvalue weighted by atomic mass is 9.85. The Balaban J connectivity index is 2.65. The van der Waals surface area contributed by atoms with Gasteiger partial charge in [-0.3, -0.25) is 0 Å². The van der Waals surface area contributed by atoms with Crippen LogP contribution in [-0.4, -0.2) is 26.2 Å². The summed E-state index contributed by atoms with van der Waals surface area (Å²) in [5, 5.41) is 3.46. The molecule has 0 amide bonds. The lowest BCUT2D eigenvalue weighted by Crippen LogP contribution is -2.41. The van der Waals surface area contributed by atoms with E-state index >= 15 is 0 Å². The van der Waals surface area contributed by atoms with E-state index in [2.05, 4.69) is 76.1 Å². The van der Waals surface area contributed by atoms with Gasteiger partial charge in [-0.2, -0.15) is 0 Å². The standard InChI is InChI=1S/C17H30N2/c1-7-19(15-10-8-14(2)9-11-15)13-12-16(18-6)17(3,4)5/h8-11,16,18H,7,12-13H2,1-6H3. The number of benzene rings is 1. The van der Waals surface area contributed by atoms with Gasteiger partial charge in [0.25, 0.3) is 0 Å². The van der Waals surface area contributed by atoms with Crippen LogP contribution in [-0.2, 0) is 0 Å². The highest BCUT2D eigenvalue weighted by molar-refractivity contribution is 5.47. The molecule has 2 heteroatoms. The van der Waals surface area contributed by atoms with Crippen molar-refractivity contribution in [3.05, 3.63) is 29.8 Å². The summed E-state index contributed by atoms with van der Waals surface area (Å²) in [6, 6.07) is 9.38. The molecule has 0 aliphatic carbocycles. The first kappa shape index (κ1) is 16.0. The van der Waals surface area contributed by atoms with E-state index in [1.807, 2.05) is 0 Å². The Hall–Kier alpha value is -1.02. The summed E-state index contributed by atoms with van der Waals surface area (Å²) in [6.45, 7) is 13.4. The molecule has 0 fully saturated rings. The molecule has 0 aliphatic rings. The predicted octanol–water partition coefficient (Wildman–Crippen LogP) is 3.85. The smallest absolute Gasteiger partial charge is 0.0366 e. The normalized spacial score (nSPS) is 13.4. The van der Waals surface area contributed by atoms with Crippen LogP contribution in [0, 0.1) is 12.3 Å². The third kappa shape index (κ3) is 4.87. The average Bonchev–Trinajstić information content (AvgIpc) is 2.35. The van der Waals surface area contributed by atoms with E-state index in [0.717, 1.165) is 13.1 Å². The van der Waals surface area contributed by atoms with Gasteiger partial charge in [-0.25, -0.2) is 0 Å². The second-order valence-electron chi connectivity index (χ2n) is 6.41. The van der Waals surface area contributed by atoms with Gasteiger partial charge < -0.3 is 10.2 Å². The highest BCUT2D eigenvalue weighted by atomic mass is 15.1. The van der Waals surface area contributed by atoms with Crippen LogP contribution in [0.5, 0.6) is 0 Å². The van der Waals surface area contributed by atoms with Crippen LogP contribution in [0.1, 0.15) is 39.7 Å². The lowest BCUT2D eigenvalue weighted by molar-refractivity contribution is 0.269. The molecule has 0 saturated carbocycles. The van der Waals surface area contributed by atoms with Gasteiger partial charge in [0, 0.05) is 24.8 Å². The minimum Gasteiger partial charge on any atom is -0.372 e. The summed E-state index contributed by atoms with van der Waals surface area (Å²) in [6.07, 6.45) is 1.17.